The van der Waals surface area contributed by atoms with Crippen LogP contribution in [0.1, 0.15) is 12.2 Å². The maximum absolute atomic E-state index is 6.14. The van der Waals surface area contributed by atoms with E-state index in [9.17, 15) is 0 Å². The minimum absolute atomic E-state index is 0.399. The van der Waals surface area contributed by atoms with Crippen molar-refractivity contribution in [1.29, 1.82) is 0 Å². The van der Waals surface area contributed by atoms with Crippen LogP contribution in [0.2, 0.25) is 0 Å². The zero-order chi connectivity index (χ0) is 21.0. The number of rotatable bonds is 7. The molecule has 0 unspecified atom stereocenters. The molecule has 5 aromatic heterocycles. The summed E-state index contributed by atoms with van der Waals surface area (Å²) in [6, 6.07) is 9.65. The van der Waals surface area contributed by atoms with Crippen molar-refractivity contribution >= 4 is 17.3 Å². The lowest BCUT2D eigenvalue weighted by Crippen LogP contribution is -2.05. The number of fused-ring (bicyclic) bond motifs is 1. The van der Waals surface area contributed by atoms with E-state index in [0.717, 1.165) is 53.4 Å². The molecule has 0 spiro atoms. The second-order valence-electron chi connectivity index (χ2n) is 7.08. The third-order valence-electron chi connectivity index (χ3n) is 4.97. The number of H-pyrrole nitrogens is 1. The van der Waals surface area contributed by atoms with E-state index in [1.165, 1.54) is 0 Å². The summed E-state index contributed by atoms with van der Waals surface area (Å²) >= 11 is 0. The van der Waals surface area contributed by atoms with E-state index in [4.69, 9.17) is 5.73 Å². The molecule has 5 heterocycles. The van der Waals surface area contributed by atoms with Crippen molar-refractivity contribution in [3.8, 4) is 22.4 Å². The quantitative estimate of drug-likeness (QED) is 0.351. The van der Waals surface area contributed by atoms with Gasteiger partial charge in [0.2, 0.25) is 0 Å². The van der Waals surface area contributed by atoms with Gasteiger partial charge >= 0.3 is 0 Å². The molecule has 9 heteroatoms. The number of hydrogen-bond acceptors (Lipinski definition) is 7. The summed E-state index contributed by atoms with van der Waals surface area (Å²) in [6.07, 6.45) is 12.7. The molecule has 154 valence electrons. The Morgan fingerprint density at radius 3 is 2.68 bits per heavy atom. The van der Waals surface area contributed by atoms with Crippen molar-refractivity contribution in [2.24, 2.45) is 0 Å². The largest absolute Gasteiger partial charge is 0.382 e. The molecule has 0 amide bonds. The first-order valence-corrected chi connectivity index (χ1v) is 10.0. The van der Waals surface area contributed by atoms with Gasteiger partial charge < -0.3 is 16.0 Å². The van der Waals surface area contributed by atoms with Gasteiger partial charge in [-0.3, -0.25) is 4.98 Å². The Kier molecular flexibility index (Phi) is 4.97. The van der Waals surface area contributed by atoms with Crippen LogP contribution in [0.15, 0.2) is 67.5 Å². The van der Waals surface area contributed by atoms with E-state index in [1.807, 2.05) is 48.9 Å². The maximum Gasteiger partial charge on any atom is 0.166 e. The summed E-state index contributed by atoms with van der Waals surface area (Å²) in [4.78, 5) is 20.8. The van der Waals surface area contributed by atoms with Crippen molar-refractivity contribution in [3.05, 3.63) is 73.3 Å². The number of pyridine rings is 2. The Bertz CT molecular complexity index is 1280. The Hall–Kier alpha value is -4.27. The molecule has 0 aliphatic rings. The molecule has 5 rings (SSSR count). The number of imidazole rings is 1. The number of aromatic nitrogens is 7. The Morgan fingerprint density at radius 1 is 0.968 bits per heavy atom. The molecular weight excluding hydrogens is 390 g/mol. The first kappa shape index (κ1) is 18.7. The number of nitrogen functional groups attached to an aromatic ring is 1. The smallest absolute Gasteiger partial charge is 0.166 e. The number of hydrogen-bond donors (Lipinski definition) is 3. The van der Waals surface area contributed by atoms with Crippen LogP contribution in [0.4, 0.5) is 11.6 Å². The second-order valence-corrected chi connectivity index (χ2v) is 7.08. The fraction of sp³-hybridized carbons (Fsp3) is 0.136. The molecule has 4 N–H and O–H groups in total. The van der Waals surface area contributed by atoms with Gasteiger partial charge in [0, 0.05) is 61.3 Å². The predicted octanol–water partition coefficient (Wildman–Crippen LogP) is 3.20. The predicted molar refractivity (Wildman–Crippen MR) is 119 cm³/mol. The van der Waals surface area contributed by atoms with Gasteiger partial charge in [0.15, 0.2) is 11.5 Å². The molecule has 31 heavy (non-hydrogen) atoms. The summed E-state index contributed by atoms with van der Waals surface area (Å²) in [5, 5.41) is 7.75. The summed E-state index contributed by atoms with van der Waals surface area (Å²) in [6.45, 7) is 0.823. The SMILES string of the molecule is Nc1nn2cc(-c3ccc(NCCCc4ncc[nH]4)nc3)cnc2c1-c1ccccn1. The molecule has 0 aliphatic heterocycles. The highest BCUT2D eigenvalue weighted by molar-refractivity contribution is 5.84. The normalized spacial score (nSPS) is 11.1. The minimum Gasteiger partial charge on any atom is -0.382 e. The van der Waals surface area contributed by atoms with Gasteiger partial charge in [-0.25, -0.2) is 19.5 Å². The molecule has 0 fully saturated rings. The van der Waals surface area contributed by atoms with Crippen LogP contribution in [0.25, 0.3) is 28.0 Å². The third-order valence-corrected chi connectivity index (χ3v) is 4.97. The lowest BCUT2D eigenvalue weighted by molar-refractivity contribution is 0.814. The van der Waals surface area contributed by atoms with E-state index >= 15 is 0 Å². The van der Waals surface area contributed by atoms with Crippen molar-refractivity contribution in [3.63, 3.8) is 0 Å². The van der Waals surface area contributed by atoms with E-state index in [1.54, 1.807) is 23.1 Å². The van der Waals surface area contributed by atoms with Gasteiger partial charge in [-0.15, -0.1) is 5.10 Å². The van der Waals surface area contributed by atoms with E-state index < -0.39 is 0 Å². The fourth-order valence-corrected chi connectivity index (χ4v) is 3.43. The minimum atomic E-state index is 0.399. The van der Waals surface area contributed by atoms with Crippen molar-refractivity contribution in [2.75, 3.05) is 17.6 Å². The Balaban J connectivity index is 1.30. The maximum atomic E-state index is 6.14. The van der Waals surface area contributed by atoms with Crippen molar-refractivity contribution < 1.29 is 0 Å². The van der Waals surface area contributed by atoms with Gasteiger partial charge in [-0.05, 0) is 30.7 Å². The molecule has 0 radical (unpaired) electrons. The molecular formula is C22H21N9. The van der Waals surface area contributed by atoms with Crippen LogP contribution < -0.4 is 11.1 Å². The number of nitrogens with one attached hydrogen (secondary N) is 2. The first-order valence-electron chi connectivity index (χ1n) is 10.0. The molecule has 0 aliphatic carbocycles. The van der Waals surface area contributed by atoms with E-state index in [0.29, 0.717) is 11.5 Å². The lowest BCUT2D eigenvalue weighted by atomic mass is 10.1. The number of aryl methyl sites for hydroxylation is 1. The van der Waals surface area contributed by atoms with Gasteiger partial charge in [0.25, 0.3) is 0 Å². The molecule has 0 atom stereocenters. The zero-order valence-corrected chi connectivity index (χ0v) is 16.7. The molecule has 0 saturated heterocycles. The van der Waals surface area contributed by atoms with Crippen LogP contribution >= 0.6 is 0 Å². The summed E-state index contributed by atoms with van der Waals surface area (Å²) < 4.78 is 1.69. The van der Waals surface area contributed by atoms with Gasteiger partial charge in [-0.2, -0.15) is 0 Å². The fourth-order valence-electron chi connectivity index (χ4n) is 3.43. The van der Waals surface area contributed by atoms with Crippen molar-refractivity contribution in [1.82, 2.24) is 34.5 Å². The van der Waals surface area contributed by atoms with Gasteiger partial charge in [-0.1, -0.05) is 6.07 Å². The Morgan fingerprint density at radius 2 is 1.90 bits per heavy atom. The van der Waals surface area contributed by atoms with Gasteiger partial charge in [0.1, 0.15) is 11.6 Å². The second kappa shape index (κ2) is 8.23. The van der Waals surface area contributed by atoms with Crippen LogP contribution in [0.5, 0.6) is 0 Å². The van der Waals surface area contributed by atoms with Crippen LogP contribution in [0, 0.1) is 0 Å². The average Bonchev–Trinajstić information content (AvgIpc) is 3.44. The van der Waals surface area contributed by atoms with Crippen molar-refractivity contribution in [2.45, 2.75) is 12.8 Å². The van der Waals surface area contributed by atoms with E-state index in [-0.39, 0.29) is 0 Å². The monoisotopic (exact) mass is 411 g/mol. The molecule has 0 saturated carbocycles. The van der Waals surface area contributed by atoms with Crippen LogP contribution in [-0.2, 0) is 6.42 Å². The standard InChI is InChI=1S/C22H21N9/c23-21-20(17-4-1-2-8-24-17)22-29-13-16(14-31(22)30-21)15-6-7-19(28-12-15)25-9-3-5-18-26-10-11-27-18/h1-2,4,6-8,10-14H,3,5,9H2,(H2,23,30)(H,25,28)(H,26,27). The topological polar surface area (TPSA) is 123 Å². The molecule has 9 nitrogen and oxygen atoms in total. The lowest BCUT2D eigenvalue weighted by Gasteiger charge is -2.07. The number of nitrogens with two attached hydrogens (primary N) is 1. The molecule has 0 bridgehead atoms. The highest BCUT2D eigenvalue weighted by Crippen LogP contribution is 2.28. The van der Waals surface area contributed by atoms with Gasteiger partial charge in [0.05, 0.1) is 11.3 Å². The first-order chi connectivity index (χ1) is 15.3. The zero-order valence-electron chi connectivity index (χ0n) is 16.7. The molecule has 5 aromatic rings. The Labute approximate surface area is 178 Å². The highest BCUT2D eigenvalue weighted by atomic mass is 15.3. The summed E-state index contributed by atoms with van der Waals surface area (Å²) in [5.41, 5.74) is 10.1. The highest BCUT2D eigenvalue weighted by Gasteiger charge is 2.15. The molecule has 0 aromatic carbocycles. The summed E-state index contributed by atoms with van der Waals surface area (Å²) in [7, 11) is 0. The van der Waals surface area contributed by atoms with Crippen LogP contribution in [0.3, 0.4) is 0 Å². The third kappa shape index (κ3) is 3.93. The number of anilines is 2. The average molecular weight is 411 g/mol. The summed E-state index contributed by atoms with van der Waals surface area (Å²) in [5.74, 6) is 2.23. The van der Waals surface area contributed by atoms with Crippen LogP contribution in [-0.4, -0.2) is 41.1 Å². The number of nitrogens with zero attached hydrogens (tertiary/aromatic N) is 6. The van der Waals surface area contributed by atoms with E-state index in [2.05, 4.69) is 35.3 Å². The number of aromatic amines is 1.